The summed E-state index contributed by atoms with van der Waals surface area (Å²) in [5, 5.41) is 2.65. The molecule has 34 heavy (non-hydrogen) atoms. The fraction of sp³-hybridized carbons (Fsp3) is 0.367. The molecule has 3 aromatic rings. The van der Waals surface area contributed by atoms with Crippen LogP contribution in [0.5, 0.6) is 0 Å². The molecule has 2 aromatic carbocycles. The Kier molecular flexibility index (Phi) is 5.81. The molecule has 4 heteroatoms. The molecule has 0 bridgehead atoms. The van der Waals surface area contributed by atoms with Gasteiger partial charge in [-0.3, -0.25) is 0 Å². The number of rotatable bonds is 2. The Balaban J connectivity index is 1.53. The van der Waals surface area contributed by atoms with Crippen LogP contribution in [0.4, 0.5) is 5.69 Å². The first kappa shape index (κ1) is 23.4. The molecule has 0 radical (unpaired) electrons. The SMILES string of the molecule is Cc1cc(C)c2c(c1)N(C)/C(=C/C1=CC(=C/c3sc4cc(C)cc(C)c4[n+]3C)/CC(C)(C)C1)S2. The summed E-state index contributed by atoms with van der Waals surface area (Å²) in [5.41, 5.74) is 11.2. The van der Waals surface area contributed by atoms with Crippen LogP contribution in [0, 0.1) is 33.1 Å². The Morgan fingerprint density at radius 2 is 1.65 bits per heavy atom. The Morgan fingerprint density at radius 3 is 2.41 bits per heavy atom. The van der Waals surface area contributed by atoms with E-state index in [4.69, 9.17) is 0 Å². The number of thiazole rings is 1. The first-order chi connectivity index (χ1) is 16.0. The van der Waals surface area contributed by atoms with Gasteiger partial charge >= 0.3 is 0 Å². The van der Waals surface area contributed by atoms with Gasteiger partial charge in [-0.15, -0.1) is 0 Å². The summed E-state index contributed by atoms with van der Waals surface area (Å²) in [7, 11) is 4.41. The number of thioether (sulfide) groups is 1. The lowest BCUT2D eigenvalue weighted by molar-refractivity contribution is -0.642. The normalized spacial score (nSPS) is 19.9. The third kappa shape index (κ3) is 4.27. The fourth-order valence-corrected chi connectivity index (χ4v) is 8.07. The van der Waals surface area contributed by atoms with Crippen LogP contribution in [-0.4, -0.2) is 7.05 Å². The van der Waals surface area contributed by atoms with Gasteiger partial charge in [0, 0.05) is 23.6 Å². The van der Waals surface area contributed by atoms with E-state index in [1.165, 1.54) is 64.2 Å². The lowest BCUT2D eigenvalue weighted by Crippen LogP contribution is -2.30. The number of aromatic nitrogens is 1. The average molecular weight is 488 g/mol. The zero-order chi connectivity index (χ0) is 24.4. The molecule has 5 rings (SSSR count). The molecule has 2 aliphatic rings. The number of nitrogens with zero attached hydrogens (tertiary/aromatic N) is 2. The average Bonchev–Trinajstić information content (AvgIpc) is 3.18. The fourth-order valence-electron chi connectivity index (χ4n) is 5.59. The first-order valence-electron chi connectivity index (χ1n) is 12.1. The Labute approximate surface area is 212 Å². The minimum absolute atomic E-state index is 0.246. The van der Waals surface area contributed by atoms with Crippen LogP contribution in [0.3, 0.4) is 0 Å². The van der Waals surface area contributed by atoms with Crippen molar-refractivity contribution in [2.24, 2.45) is 12.5 Å². The zero-order valence-corrected chi connectivity index (χ0v) is 23.3. The van der Waals surface area contributed by atoms with Crippen LogP contribution in [0.1, 0.15) is 54.0 Å². The molecule has 176 valence electrons. The smallest absolute Gasteiger partial charge is 0.262 e. The molecule has 0 atom stereocenters. The molecule has 0 saturated carbocycles. The second-order valence-electron chi connectivity index (χ2n) is 11.0. The van der Waals surface area contributed by atoms with Crippen molar-refractivity contribution in [3.8, 4) is 0 Å². The van der Waals surface area contributed by atoms with E-state index in [9.17, 15) is 0 Å². The van der Waals surface area contributed by atoms with Crippen LogP contribution >= 0.6 is 23.1 Å². The number of hydrogen-bond donors (Lipinski definition) is 0. The van der Waals surface area contributed by atoms with Gasteiger partial charge in [-0.05, 0) is 98.1 Å². The topological polar surface area (TPSA) is 7.12 Å². The molecule has 0 amide bonds. The molecule has 2 nitrogen and oxygen atoms in total. The van der Waals surface area contributed by atoms with Gasteiger partial charge in [0.05, 0.1) is 10.7 Å². The summed E-state index contributed by atoms with van der Waals surface area (Å²) in [6.45, 7) is 13.6. The largest absolute Gasteiger partial charge is 0.338 e. The molecular formula is C30H35N2S2+. The third-order valence-corrected chi connectivity index (χ3v) is 9.41. The highest BCUT2D eigenvalue weighted by Crippen LogP contribution is 2.49. The lowest BCUT2D eigenvalue weighted by Gasteiger charge is -2.30. The molecule has 0 fully saturated rings. The summed E-state index contributed by atoms with van der Waals surface area (Å²) in [6, 6.07) is 9.21. The van der Waals surface area contributed by atoms with Crippen molar-refractivity contribution < 1.29 is 4.57 Å². The molecule has 1 aliphatic heterocycles. The van der Waals surface area contributed by atoms with Gasteiger partial charge in [0.1, 0.15) is 11.7 Å². The van der Waals surface area contributed by atoms with Gasteiger partial charge in [0.25, 0.3) is 5.01 Å². The van der Waals surface area contributed by atoms with Gasteiger partial charge < -0.3 is 4.90 Å². The summed E-state index contributed by atoms with van der Waals surface area (Å²) in [5.74, 6) is 0. The second-order valence-corrected chi connectivity index (χ2v) is 13.1. The maximum Gasteiger partial charge on any atom is 0.262 e. The Morgan fingerprint density at radius 1 is 0.941 bits per heavy atom. The Hall–Kier alpha value is -2.30. The molecular weight excluding hydrogens is 452 g/mol. The maximum absolute atomic E-state index is 2.44. The van der Waals surface area contributed by atoms with E-state index in [0.717, 1.165) is 12.8 Å². The molecule has 0 spiro atoms. The van der Waals surface area contributed by atoms with Crippen molar-refractivity contribution >= 4 is 45.1 Å². The summed E-state index contributed by atoms with van der Waals surface area (Å²) in [6.07, 6.45) is 9.50. The van der Waals surface area contributed by atoms with E-state index in [-0.39, 0.29) is 5.41 Å². The van der Waals surface area contributed by atoms with Gasteiger partial charge in [0.2, 0.25) is 5.52 Å². The van der Waals surface area contributed by atoms with E-state index < -0.39 is 0 Å². The van der Waals surface area contributed by atoms with Crippen molar-refractivity contribution in [2.45, 2.75) is 59.3 Å². The summed E-state index contributed by atoms with van der Waals surface area (Å²) >= 11 is 3.82. The number of allylic oxidation sites excluding steroid dienone is 4. The molecule has 1 aromatic heterocycles. The maximum atomic E-state index is 2.44. The van der Waals surface area contributed by atoms with E-state index in [1.807, 2.05) is 23.1 Å². The molecule has 2 heterocycles. The van der Waals surface area contributed by atoms with Crippen LogP contribution < -0.4 is 9.47 Å². The van der Waals surface area contributed by atoms with Crippen LogP contribution in [0.2, 0.25) is 0 Å². The monoisotopic (exact) mass is 487 g/mol. The molecule has 0 saturated heterocycles. The van der Waals surface area contributed by atoms with Crippen molar-refractivity contribution in [3.05, 3.63) is 79.9 Å². The zero-order valence-electron chi connectivity index (χ0n) is 21.7. The predicted molar refractivity (Wildman–Crippen MR) is 150 cm³/mol. The second kappa shape index (κ2) is 8.42. The number of hydrogen-bond acceptors (Lipinski definition) is 3. The highest BCUT2D eigenvalue weighted by Gasteiger charge is 2.29. The van der Waals surface area contributed by atoms with Crippen molar-refractivity contribution in [3.63, 3.8) is 0 Å². The van der Waals surface area contributed by atoms with Gasteiger partial charge in [-0.2, -0.15) is 4.57 Å². The number of fused-ring (bicyclic) bond motifs is 2. The minimum atomic E-state index is 0.246. The summed E-state index contributed by atoms with van der Waals surface area (Å²) in [4.78, 5) is 3.76. The number of benzene rings is 2. The van der Waals surface area contributed by atoms with Crippen LogP contribution in [0.15, 0.2) is 57.5 Å². The van der Waals surface area contributed by atoms with Gasteiger partial charge in [-0.25, -0.2) is 0 Å². The predicted octanol–water partition coefficient (Wildman–Crippen LogP) is 8.17. The minimum Gasteiger partial charge on any atom is -0.338 e. The highest BCUT2D eigenvalue weighted by atomic mass is 32.2. The molecule has 1 aliphatic carbocycles. The van der Waals surface area contributed by atoms with Crippen LogP contribution in [0.25, 0.3) is 16.3 Å². The van der Waals surface area contributed by atoms with Crippen molar-refractivity contribution in [1.82, 2.24) is 0 Å². The standard InChI is InChI=1S/C30H35N2S2/c1-18-10-21(4)29-24(11-18)31(7)26(34-29)14-22-13-23(17-30(5,6)16-22)15-27-32(8)28-20(3)9-19(2)12-25(28)33-27/h9-15H,16-17H2,1-8H3/q+1. The highest BCUT2D eigenvalue weighted by molar-refractivity contribution is 8.03. The summed E-state index contributed by atoms with van der Waals surface area (Å²) < 4.78 is 3.75. The number of anilines is 1. The van der Waals surface area contributed by atoms with Crippen LogP contribution in [-0.2, 0) is 7.05 Å². The lowest BCUT2D eigenvalue weighted by atomic mass is 9.75. The molecule has 0 N–H and O–H groups in total. The third-order valence-electron chi connectivity index (χ3n) is 6.94. The van der Waals surface area contributed by atoms with Gasteiger partial charge in [-0.1, -0.05) is 49.1 Å². The van der Waals surface area contributed by atoms with Crippen molar-refractivity contribution in [2.75, 3.05) is 11.9 Å². The number of aryl methyl sites for hydroxylation is 5. The van der Waals surface area contributed by atoms with E-state index in [2.05, 4.69) is 108 Å². The molecule has 0 unspecified atom stereocenters. The van der Waals surface area contributed by atoms with Gasteiger partial charge in [0.15, 0.2) is 0 Å². The first-order valence-corrected chi connectivity index (χ1v) is 13.7. The van der Waals surface area contributed by atoms with E-state index >= 15 is 0 Å². The van der Waals surface area contributed by atoms with Crippen molar-refractivity contribution in [1.29, 1.82) is 0 Å². The van der Waals surface area contributed by atoms with E-state index in [0.29, 0.717) is 0 Å². The van der Waals surface area contributed by atoms with E-state index in [1.54, 1.807) is 0 Å². The Bertz CT molecular complexity index is 1420. The quantitative estimate of drug-likeness (QED) is 0.337.